The summed E-state index contributed by atoms with van der Waals surface area (Å²) in [5.41, 5.74) is 0.863. The highest BCUT2D eigenvalue weighted by molar-refractivity contribution is 5.85. The molecule has 0 unspecified atom stereocenters. The van der Waals surface area contributed by atoms with E-state index in [0.29, 0.717) is 0 Å². The molecule has 1 N–H and O–H groups in total. The van der Waals surface area contributed by atoms with Crippen LogP contribution in [0.2, 0.25) is 0 Å². The van der Waals surface area contributed by atoms with Gasteiger partial charge in [0, 0.05) is 6.08 Å². The zero-order valence-electron chi connectivity index (χ0n) is 13.6. The molecule has 22 heavy (non-hydrogen) atoms. The first-order valence-corrected chi connectivity index (χ1v) is 8.36. The molecule has 0 saturated carbocycles. The van der Waals surface area contributed by atoms with Crippen LogP contribution in [0.4, 0.5) is 0 Å². The SMILES string of the molecule is CCCCCCCCCCOc1ccc(/C=C/C(=O)O)cc1. The second kappa shape index (κ2) is 11.8. The molecule has 0 radical (unpaired) electrons. The van der Waals surface area contributed by atoms with Crippen LogP contribution in [0, 0.1) is 0 Å². The number of carbonyl (C=O) groups is 1. The normalized spacial score (nSPS) is 11.0. The summed E-state index contributed by atoms with van der Waals surface area (Å²) < 4.78 is 5.69. The standard InChI is InChI=1S/C19H28O3/c1-2-3-4-5-6-7-8-9-16-22-18-13-10-17(11-14-18)12-15-19(20)21/h10-15H,2-9,16H2,1H3,(H,20,21)/b15-12+. The number of aliphatic carboxylic acids is 1. The average molecular weight is 304 g/mol. The van der Waals surface area contributed by atoms with Crippen LogP contribution in [0.15, 0.2) is 30.3 Å². The number of hydrogen-bond donors (Lipinski definition) is 1. The van der Waals surface area contributed by atoms with E-state index in [2.05, 4.69) is 6.92 Å². The van der Waals surface area contributed by atoms with Crippen LogP contribution in [0.25, 0.3) is 6.08 Å². The van der Waals surface area contributed by atoms with Crippen LogP contribution in [0.1, 0.15) is 63.9 Å². The minimum absolute atomic E-state index is 0.749. The smallest absolute Gasteiger partial charge is 0.328 e. The van der Waals surface area contributed by atoms with Gasteiger partial charge in [0.1, 0.15) is 5.75 Å². The first kappa shape index (κ1) is 18.3. The lowest BCUT2D eigenvalue weighted by Crippen LogP contribution is -1.97. The van der Waals surface area contributed by atoms with Gasteiger partial charge in [-0.05, 0) is 30.2 Å². The summed E-state index contributed by atoms with van der Waals surface area (Å²) in [6.07, 6.45) is 13.1. The van der Waals surface area contributed by atoms with Crippen molar-refractivity contribution in [2.24, 2.45) is 0 Å². The number of carboxylic acid groups (broad SMARTS) is 1. The van der Waals surface area contributed by atoms with Gasteiger partial charge in [-0.3, -0.25) is 0 Å². The fraction of sp³-hybridized carbons (Fsp3) is 0.526. The van der Waals surface area contributed by atoms with E-state index < -0.39 is 5.97 Å². The van der Waals surface area contributed by atoms with Gasteiger partial charge in [0.2, 0.25) is 0 Å². The Kier molecular flexibility index (Phi) is 9.84. The number of unbranched alkanes of at least 4 members (excludes halogenated alkanes) is 7. The largest absolute Gasteiger partial charge is 0.494 e. The lowest BCUT2D eigenvalue weighted by atomic mass is 10.1. The van der Waals surface area contributed by atoms with Crippen molar-refractivity contribution in [3.05, 3.63) is 35.9 Å². The molecule has 0 heterocycles. The molecule has 0 amide bonds. The molecule has 0 aliphatic rings. The highest BCUT2D eigenvalue weighted by Gasteiger charge is 1.96. The van der Waals surface area contributed by atoms with Crippen LogP contribution in [-0.2, 0) is 4.79 Å². The highest BCUT2D eigenvalue weighted by atomic mass is 16.5. The quantitative estimate of drug-likeness (QED) is 0.421. The van der Waals surface area contributed by atoms with E-state index in [0.717, 1.165) is 30.4 Å². The summed E-state index contributed by atoms with van der Waals surface area (Å²) in [6, 6.07) is 7.49. The Bertz CT molecular complexity index is 434. The second-order valence-corrected chi connectivity index (χ2v) is 5.56. The van der Waals surface area contributed by atoms with Gasteiger partial charge in [-0.15, -0.1) is 0 Å². The second-order valence-electron chi connectivity index (χ2n) is 5.56. The van der Waals surface area contributed by atoms with Crippen molar-refractivity contribution in [1.82, 2.24) is 0 Å². The van der Waals surface area contributed by atoms with Crippen molar-refractivity contribution < 1.29 is 14.6 Å². The summed E-state index contributed by atoms with van der Waals surface area (Å²) in [6.45, 7) is 2.99. The predicted molar refractivity (Wildman–Crippen MR) is 91.2 cm³/mol. The molecule has 0 aliphatic carbocycles. The summed E-state index contributed by atoms with van der Waals surface area (Å²) in [7, 11) is 0. The first-order chi connectivity index (χ1) is 10.7. The zero-order valence-corrected chi connectivity index (χ0v) is 13.6. The highest BCUT2D eigenvalue weighted by Crippen LogP contribution is 2.14. The van der Waals surface area contributed by atoms with Crippen molar-refractivity contribution in [2.75, 3.05) is 6.61 Å². The third-order valence-corrected chi connectivity index (χ3v) is 3.57. The minimum atomic E-state index is -0.935. The van der Waals surface area contributed by atoms with Gasteiger partial charge in [0.25, 0.3) is 0 Å². The summed E-state index contributed by atoms with van der Waals surface area (Å²) in [4.78, 5) is 10.4. The van der Waals surface area contributed by atoms with Crippen LogP contribution >= 0.6 is 0 Å². The van der Waals surface area contributed by atoms with Gasteiger partial charge in [0.05, 0.1) is 6.61 Å². The van der Waals surface area contributed by atoms with E-state index in [9.17, 15) is 4.79 Å². The molecule has 0 aromatic heterocycles. The van der Waals surface area contributed by atoms with Crippen LogP contribution in [0.3, 0.4) is 0 Å². The van der Waals surface area contributed by atoms with Gasteiger partial charge in [-0.2, -0.15) is 0 Å². The van der Waals surface area contributed by atoms with E-state index in [4.69, 9.17) is 9.84 Å². The Labute approximate surface area is 134 Å². The molecule has 3 nitrogen and oxygen atoms in total. The summed E-state index contributed by atoms with van der Waals surface area (Å²) in [5, 5.41) is 8.57. The third-order valence-electron chi connectivity index (χ3n) is 3.57. The fourth-order valence-corrected chi connectivity index (χ4v) is 2.27. The Balaban J connectivity index is 2.09. The predicted octanol–water partition coefficient (Wildman–Crippen LogP) is 5.30. The Hall–Kier alpha value is -1.77. The topological polar surface area (TPSA) is 46.5 Å². The van der Waals surface area contributed by atoms with Crippen molar-refractivity contribution in [1.29, 1.82) is 0 Å². The maximum absolute atomic E-state index is 10.4. The van der Waals surface area contributed by atoms with Gasteiger partial charge < -0.3 is 9.84 Å². The van der Waals surface area contributed by atoms with E-state index >= 15 is 0 Å². The number of hydrogen-bond acceptors (Lipinski definition) is 2. The van der Waals surface area contributed by atoms with Crippen LogP contribution in [-0.4, -0.2) is 17.7 Å². The zero-order chi connectivity index (χ0) is 16.0. The molecule has 0 bridgehead atoms. The summed E-state index contributed by atoms with van der Waals surface area (Å²) in [5.74, 6) is -0.0922. The van der Waals surface area contributed by atoms with Crippen molar-refractivity contribution in [3.63, 3.8) is 0 Å². The van der Waals surface area contributed by atoms with E-state index in [1.807, 2.05) is 24.3 Å². The maximum atomic E-state index is 10.4. The van der Waals surface area contributed by atoms with Gasteiger partial charge >= 0.3 is 5.97 Å². The lowest BCUT2D eigenvalue weighted by molar-refractivity contribution is -0.131. The summed E-state index contributed by atoms with van der Waals surface area (Å²) >= 11 is 0. The Morgan fingerprint density at radius 2 is 1.59 bits per heavy atom. The monoisotopic (exact) mass is 304 g/mol. The van der Waals surface area contributed by atoms with Gasteiger partial charge in [-0.25, -0.2) is 4.79 Å². The molecule has 1 aromatic rings. The van der Waals surface area contributed by atoms with E-state index in [1.54, 1.807) is 6.08 Å². The van der Waals surface area contributed by atoms with Gasteiger partial charge in [0.15, 0.2) is 0 Å². The van der Waals surface area contributed by atoms with Crippen LogP contribution < -0.4 is 4.74 Å². The van der Waals surface area contributed by atoms with Gasteiger partial charge in [-0.1, -0.05) is 64.0 Å². The van der Waals surface area contributed by atoms with Crippen molar-refractivity contribution in [3.8, 4) is 5.75 Å². The molecule has 1 aromatic carbocycles. The molecule has 0 aliphatic heterocycles. The molecule has 1 rings (SSSR count). The number of rotatable bonds is 12. The number of ether oxygens (including phenoxy) is 1. The average Bonchev–Trinajstić information content (AvgIpc) is 2.52. The molecular formula is C19H28O3. The molecule has 0 spiro atoms. The number of carboxylic acids is 1. The molecule has 0 atom stereocenters. The minimum Gasteiger partial charge on any atom is -0.494 e. The van der Waals surface area contributed by atoms with Crippen LogP contribution in [0.5, 0.6) is 5.75 Å². The fourth-order valence-electron chi connectivity index (χ4n) is 2.27. The Morgan fingerprint density at radius 1 is 1.00 bits per heavy atom. The molecule has 0 saturated heterocycles. The van der Waals surface area contributed by atoms with E-state index in [-0.39, 0.29) is 0 Å². The molecule has 3 heteroatoms. The first-order valence-electron chi connectivity index (χ1n) is 8.36. The lowest BCUT2D eigenvalue weighted by Gasteiger charge is -2.06. The molecular weight excluding hydrogens is 276 g/mol. The van der Waals surface area contributed by atoms with Crippen molar-refractivity contribution >= 4 is 12.0 Å². The maximum Gasteiger partial charge on any atom is 0.328 e. The Morgan fingerprint density at radius 3 is 2.18 bits per heavy atom. The molecule has 0 fully saturated rings. The van der Waals surface area contributed by atoms with Crippen molar-refractivity contribution in [2.45, 2.75) is 58.3 Å². The number of benzene rings is 1. The third kappa shape index (κ3) is 9.22. The van der Waals surface area contributed by atoms with E-state index in [1.165, 1.54) is 44.9 Å². The molecule has 122 valence electrons.